The highest BCUT2D eigenvalue weighted by molar-refractivity contribution is 6.01. The summed E-state index contributed by atoms with van der Waals surface area (Å²) in [5.41, 5.74) is 3.23. The summed E-state index contributed by atoms with van der Waals surface area (Å²) in [6, 6.07) is 22.9. The third-order valence-electron chi connectivity index (χ3n) is 4.43. The number of benzene rings is 3. The Morgan fingerprint density at radius 3 is 2.41 bits per heavy atom. The zero-order valence-corrected chi connectivity index (χ0v) is 15.0. The highest BCUT2D eigenvalue weighted by Crippen LogP contribution is 2.28. The second-order valence-electron chi connectivity index (χ2n) is 6.15. The van der Waals surface area contributed by atoms with Crippen LogP contribution in [0.4, 0.5) is 4.39 Å². The molecule has 0 aromatic heterocycles. The fourth-order valence-electron chi connectivity index (χ4n) is 3.07. The Morgan fingerprint density at radius 1 is 1.00 bits per heavy atom. The van der Waals surface area contributed by atoms with E-state index < -0.39 is 0 Å². The van der Waals surface area contributed by atoms with Gasteiger partial charge in [0.15, 0.2) is 0 Å². The molecule has 0 radical (unpaired) electrons. The number of hydrogen-bond acceptors (Lipinski definition) is 2. The first-order valence-corrected chi connectivity index (χ1v) is 8.76. The van der Waals surface area contributed by atoms with Crippen LogP contribution in [0.15, 0.2) is 72.8 Å². The van der Waals surface area contributed by atoms with Crippen molar-refractivity contribution in [2.75, 3.05) is 6.54 Å². The quantitative estimate of drug-likeness (QED) is 0.642. The van der Waals surface area contributed by atoms with Crippen molar-refractivity contribution in [3.05, 3.63) is 95.3 Å². The number of amides is 1. The van der Waals surface area contributed by atoms with Crippen LogP contribution in [0.5, 0.6) is 0 Å². The van der Waals surface area contributed by atoms with Crippen molar-refractivity contribution in [2.45, 2.75) is 13.5 Å². The van der Waals surface area contributed by atoms with Crippen molar-refractivity contribution in [3.8, 4) is 17.2 Å². The van der Waals surface area contributed by atoms with Crippen molar-refractivity contribution in [1.82, 2.24) is 4.90 Å². The highest BCUT2D eigenvalue weighted by atomic mass is 19.1. The molecule has 3 aromatic rings. The molecule has 0 aliphatic rings. The van der Waals surface area contributed by atoms with E-state index in [9.17, 15) is 14.4 Å². The molecule has 0 unspecified atom stereocenters. The van der Waals surface area contributed by atoms with Gasteiger partial charge in [-0.05, 0) is 42.3 Å². The molecule has 0 spiro atoms. The number of rotatable bonds is 5. The molecule has 3 rings (SSSR count). The van der Waals surface area contributed by atoms with Gasteiger partial charge in [-0.2, -0.15) is 5.26 Å². The van der Waals surface area contributed by atoms with Crippen LogP contribution in [0.25, 0.3) is 11.1 Å². The summed E-state index contributed by atoms with van der Waals surface area (Å²) >= 11 is 0. The minimum absolute atomic E-state index is 0.148. The minimum Gasteiger partial charge on any atom is -0.335 e. The highest BCUT2D eigenvalue weighted by Gasteiger charge is 2.19. The van der Waals surface area contributed by atoms with Crippen molar-refractivity contribution in [2.24, 2.45) is 0 Å². The van der Waals surface area contributed by atoms with Gasteiger partial charge in [0.2, 0.25) is 0 Å². The van der Waals surface area contributed by atoms with Crippen LogP contribution in [0.1, 0.15) is 28.4 Å². The fraction of sp³-hybridized carbons (Fsp3) is 0.130. The Labute approximate surface area is 158 Å². The van der Waals surface area contributed by atoms with Gasteiger partial charge in [0.25, 0.3) is 5.91 Å². The first-order valence-electron chi connectivity index (χ1n) is 8.76. The number of nitrogens with zero attached hydrogens (tertiary/aromatic N) is 2. The monoisotopic (exact) mass is 358 g/mol. The maximum atomic E-state index is 13.5. The molecule has 0 saturated heterocycles. The first kappa shape index (κ1) is 18.3. The number of hydrogen-bond donors (Lipinski definition) is 0. The molecule has 0 bridgehead atoms. The summed E-state index contributed by atoms with van der Waals surface area (Å²) in [7, 11) is 0. The number of halogens is 1. The first-order chi connectivity index (χ1) is 13.1. The Balaban J connectivity index is 1.98. The predicted molar refractivity (Wildman–Crippen MR) is 103 cm³/mol. The summed E-state index contributed by atoms with van der Waals surface area (Å²) in [6.45, 7) is 2.70. The maximum Gasteiger partial charge on any atom is 0.254 e. The van der Waals surface area contributed by atoms with Gasteiger partial charge < -0.3 is 4.90 Å². The lowest BCUT2D eigenvalue weighted by atomic mass is 9.95. The van der Waals surface area contributed by atoms with Gasteiger partial charge in [0, 0.05) is 24.2 Å². The molecule has 3 nitrogen and oxygen atoms in total. The van der Waals surface area contributed by atoms with E-state index in [1.54, 1.807) is 35.2 Å². The Bertz CT molecular complexity index is 1010. The second-order valence-corrected chi connectivity index (χ2v) is 6.15. The predicted octanol–water partition coefficient (Wildman–Crippen LogP) is 5.03. The van der Waals surface area contributed by atoms with E-state index >= 15 is 0 Å². The molecule has 0 saturated carbocycles. The molecule has 134 valence electrons. The van der Waals surface area contributed by atoms with Crippen LogP contribution in [-0.2, 0) is 6.54 Å². The van der Waals surface area contributed by atoms with Crippen LogP contribution in [0.3, 0.4) is 0 Å². The van der Waals surface area contributed by atoms with Crippen molar-refractivity contribution < 1.29 is 9.18 Å². The summed E-state index contributed by atoms with van der Waals surface area (Å²) < 4.78 is 13.5. The van der Waals surface area contributed by atoms with E-state index in [0.29, 0.717) is 24.2 Å². The molecule has 0 fully saturated rings. The molecule has 3 aromatic carbocycles. The van der Waals surface area contributed by atoms with Gasteiger partial charge in [-0.15, -0.1) is 0 Å². The third kappa shape index (κ3) is 4.04. The van der Waals surface area contributed by atoms with Gasteiger partial charge >= 0.3 is 0 Å². The van der Waals surface area contributed by atoms with E-state index in [0.717, 1.165) is 16.7 Å². The smallest absolute Gasteiger partial charge is 0.254 e. The summed E-state index contributed by atoms with van der Waals surface area (Å²) in [5.74, 6) is -0.468. The fourth-order valence-corrected chi connectivity index (χ4v) is 3.07. The lowest BCUT2D eigenvalue weighted by Crippen LogP contribution is -2.30. The number of carbonyl (C=O) groups is 1. The van der Waals surface area contributed by atoms with Gasteiger partial charge in [-0.3, -0.25) is 4.79 Å². The van der Waals surface area contributed by atoms with Gasteiger partial charge in [0.1, 0.15) is 5.82 Å². The van der Waals surface area contributed by atoms with Crippen LogP contribution < -0.4 is 0 Å². The molecule has 0 N–H and O–H groups in total. The molecule has 27 heavy (non-hydrogen) atoms. The van der Waals surface area contributed by atoms with E-state index in [4.69, 9.17) is 0 Å². The molecule has 0 atom stereocenters. The summed E-state index contributed by atoms with van der Waals surface area (Å²) in [6.07, 6.45) is 0. The van der Waals surface area contributed by atoms with Crippen LogP contribution in [-0.4, -0.2) is 17.4 Å². The average Bonchev–Trinajstić information content (AvgIpc) is 2.71. The van der Waals surface area contributed by atoms with Crippen LogP contribution in [0.2, 0.25) is 0 Å². The third-order valence-corrected chi connectivity index (χ3v) is 4.43. The maximum absolute atomic E-state index is 13.5. The SMILES string of the molecule is CCN(Cc1cccc(F)c1)C(=O)c1ccccc1-c1ccccc1C#N. The van der Waals surface area contributed by atoms with Crippen LogP contribution in [0, 0.1) is 17.1 Å². The number of carbonyl (C=O) groups excluding carboxylic acids is 1. The van der Waals surface area contributed by atoms with E-state index in [1.165, 1.54) is 12.1 Å². The minimum atomic E-state index is -0.320. The molecule has 0 heterocycles. The zero-order chi connectivity index (χ0) is 19.2. The largest absolute Gasteiger partial charge is 0.335 e. The zero-order valence-electron chi connectivity index (χ0n) is 15.0. The van der Waals surface area contributed by atoms with Gasteiger partial charge in [0.05, 0.1) is 11.6 Å². The van der Waals surface area contributed by atoms with Crippen LogP contribution >= 0.6 is 0 Å². The standard InChI is InChI=1S/C23H19FN2O/c1-2-26(16-17-8-7-10-19(24)14-17)23(27)22-13-6-5-12-21(22)20-11-4-3-9-18(20)15-25/h3-14H,2,16H2,1H3. The normalized spacial score (nSPS) is 10.3. The van der Waals surface area contributed by atoms with Gasteiger partial charge in [-0.25, -0.2) is 4.39 Å². The molecular formula is C23H19FN2O. The van der Waals surface area contributed by atoms with E-state index in [1.807, 2.05) is 37.3 Å². The molecule has 1 amide bonds. The molecule has 0 aliphatic heterocycles. The van der Waals surface area contributed by atoms with E-state index in [2.05, 4.69) is 6.07 Å². The van der Waals surface area contributed by atoms with Gasteiger partial charge in [-0.1, -0.05) is 48.5 Å². The Hall–Kier alpha value is -3.45. The average molecular weight is 358 g/mol. The second kappa shape index (κ2) is 8.29. The summed E-state index contributed by atoms with van der Waals surface area (Å²) in [5, 5.41) is 9.40. The van der Waals surface area contributed by atoms with Crippen molar-refractivity contribution in [1.29, 1.82) is 5.26 Å². The molecule has 0 aliphatic carbocycles. The lowest BCUT2D eigenvalue weighted by molar-refractivity contribution is 0.0753. The molecule has 4 heteroatoms. The lowest BCUT2D eigenvalue weighted by Gasteiger charge is -2.23. The van der Waals surface area contributed by atoms with Crippen molar-refractivity contribution >= 4 is 5.91 Å². The summed E-state index contributed by atoms with van der Waals surface area (Å²) in [4.78, 5) is 14.9. The molecular weight excluding hydrogens is 339 g/mol. The topological polar surface area (TPSA) is 44.1 Å². The van der Waals surface area contributed by atoms with Crippen molar-refractivity contribution in [3.63, 3.8) is 0 Å². The number of nitriles is 1. The van der Waals surface area contributed by atoms with E-state index in [-0.39, 0.29) is 11.7 Å². The Kier molecular flexibility index (Phi) is 5.63. The Morgan fingerprint density at radius 2 is 1.70 bits per heavy atom.